The van der Waals surface area contributed by atoms with Gasteiger partial charge < -0.3 is 33.0 Å². The van der Waals surface area contributed by atoms with Gasteiger partial charge in [0.15, 0.2) is 5.78 Å². The van der Waals surface area contributed by atoms with E-state index < -0.39 is 0 Å². The standard InChI is InChI=1S/C44H52ClN3O7/c1-5-30(2)43(49)38-27-35(10-12-36(38)31(3)32-7-6-8-32)54-23-21-52-19-17-50-15-16-51-18-20-53-22-24-55-44-40(45)25-34(28-47-44)33-9-11-37-39-29-46-14-13-41(39)48(4)42(37)26-33/h9-14,25-30H,5-8,15-24H2,1-4H3/t30-/m1/s1. The van der Waals surface area contributed by atoms with E-state index in [-0.39, 0.29) is 11.7 Å². The van der Waals surface area contributed by atoms with E-state index in [0.29, 0.717) is 82.7 Å². The molecule has 1 fully saturated rings. The lowest BCUT2D eigenvalue weighted by molar-refractivity contribution is -0.00709. The molecule has 0 bridgehead atoms. The minimum absolute atomic E-state index is 0.0289. The van der Waals surface area contributed by atoms with Gasteiger partial charge in [0.1, 0.15) is 24.0 Å². The Morgan fingerprint density at radius 2 is 1.44 bits per heavy atom. The van der Waals surface area contributed by atoms with E-state index in [9.17, 15) is 4.79 Å². The zero-order chi connectivity index (χ0) is 38.6. The number of ketones is 1. The average molecular weight is 770 g/mol. The molecule has 0 amide bonds. The first kappa shape index (κ1) is 40.3. The predicted octanol–water partition coefficient (Wildman–Crippen LogP) is 9.15. The SMILES string of the molecule is CC[C@@H](C)C(=O)c1cc(OCCOCCOCCOCCOCCOc2ncc(-c3ccc4c5cnccc5n(C)c4c3)cc2Cl)ccc1C(C)=C1CCC1. The Kier molecular flexibility index (Phi) is 14.7. The van der Waals surface area contributed by atoms with Crippen LogP contribution in [0.4, 0.5) is 0 Å². The third-order valence-corrected chi connectivity index (χ3v) is 10.5. The molecule has 11 heteroatoms. The zero-order valence-electron chi connectivity index (χ0n) is 32.4. The van der Waals surface area contributed by atoms with E-state index in [1.165, 1.54) is 17.6 Å². The highest BCUT2D eigenvalue weighted by Crippen LogP contribution is 2.37. The highest BCUT2D eigenvalue weighted by Gasteiger charge is 2.22. The second-order valence-corrected chi connectivity index (χ2v) is 14.2. The maximum absolute atomic E-state index is 13.2. The molecular weight excluding hydrogens is 718 g/mol. The summed E-state index contributed by atoms with van der Waals surface area (Å²) in [6.45, 7) is 10.4. The number of allylic oxidation sites excluding steroid dienone is 2. The van der Waals surface area contributed by atoms with Gasteiger partial charge in [0.05, 0.1) is 58.4 Å². The van der Waals surface area contributed by atoms with Gasteiger partial charge in [0, 0.05) is 59.0 Å². The van der Waals surface area contributed by atoms with Crippen molar-refractivity contribution in [3.05, 3.63) is 88.8 Å². The number of aryl methyl sites for hydroxylation is 1. The van der Waals surface area contributed by atoms with Crippen molar-refractivity contribution in [3.8, 4) is 22.8 Å². The maximum atomic E-state index is 13.2. The normalized spacial score (nSPS) is 13.3. The molecule has 10 nitrogen and oxygen atoms in total. The molecule has 0 aliphatic heterocycles. The fourth-order valence-corrected chi connectivity index (χ4v) is 6.84. The largest absolute Gasteiger partial charge is 0.491 e. The van der Waals surface area contributed by atoms with Gasteiger partial charge in [0.2, 0.25) is 5.88 Å². The number of hydrogen-bond acceptors (Lipinski definition) is 9. The summed E-state index contributed by atoms with van der Waals surface area (Å²) in [5.41, 5.74) is 8.67. The summed E-state index contributed by atoms with van der Waals surface area (Å²) in [5, 5.41) is 2.73. The van der Waals surface area contributed by atoms with Gasteiger partial charge in [-0.15, -0.1) is 0 Å². The van der Waals surface area contributed by atoms with Crippen LogP contribution in [0.1, 0.15) is 62.4 Å². The van der Waals surface area contributed by atoms with Crippen LogP contribution in [-0.2, 0) is 26.0 Å². The van der Waals surface area contributed by atoms with Gasteiger partial charge >= 0.3 is 0 Å². The molecule has 0 radical (unpaired) electrons. The van der Waals surface area contributed by atoms with E-state index in [1.54, 1.807) is 6.20 Å². The zero-order valence-corrected chi connectivity index (χ0v) is 33.2. The number of hydrogen-bond donors (Lipinski definition) is 0. The van der Waals surface area contributed by atoms with E-state index in [4.69, 9.17) is 40.0 Å². The number of fused-ring (bicyclic) bond motifs is 3. The molecule has 0 saturated heterocycles. The number of rotatable bonds is 22. The number of aromatic nitrogens is 3. The van der Waals surface area contributed by atoms with Crippen molar-refractivity contribution < 1.29 is 33.2 Å². The molecule has 3 heterocycles. The van der Waals surface area contributed by atoms with Crippen molar-refractivity contribution in [2.75, 3.05) is 66.1 Å². The predicted molar refractivity (Wildman–Crippen MR) is 217 cm³/mol. The average Bonchev–Trinajstić information content (AvgIpc) is 3.47. The molecule has 6 rings (SSSR count). The van der Waals surface area contributed by atoms with Crippen LogP contribution >= 0.6 is 11.6 Å². The number of halogens is 1. The fourth-order valence-electron chi connectivity index (χ4n) is 6.61. The summed E-state index contributed by atoms with van der Waals surface area (Å²) in [5.74, 6) is 1.20. The van der Waals surface area contributed by atoms with Crippen molar-refractivity contribution in [3.63, 3.8) is 0 Å². The number of carbonyl (C=O) groups excluding carboxylic acids is 1. The van der Waals surface area contributed by atoms with Crippen LogP contribution in [-0.4, -0.2) is 86.4 Å². The van der Waals surface area contributed by atoms with E-state index in [0.717, 1.165) is 63.3 Å². The molecule has 0 N–H and O–H groups in total. The molecule has 55 heavy (non-hydrogen) atoms. The quantitative estimate of drug-likeness (QED) is 0.0504. The Labute approximate surface area is 328 Å². The van der Waals surface area contributed by atoms with Crippen molar-refractivity contribution in [1.29, 1.82) is 0 Å². The lowest BCUT2D eigenvalue weighted by Gasteiger charge is -2.22. The van der Waals surface area contributed by atoms with Crippen LogP contribution in [0, 0.1) is 5.92 Å². The first-order chi connectivity index (χ1) is 26.9. The number of pyridine rings is 2. The summed E-state index contributed by atoms with van der Waals surface area (Å²) in [6, 6.07) is 16.1. The van der Waals surface area contributed by atoms with E-state index >= 15 is 0 Å². The van der Waals surface area contributed by atoms with Crippen molar-refractivity contribution in [2.45, 2.75) is 46.5 Å². The number of carbonyl (C=O) groups is 1. The molecule has 1 atom stereocenters. The molecule has 3 aromatic heterocycles. The molecule has 292 valence electrons. The molecule has 1 aliphatic rings. The minimum atomic E-state index is -0.0289. The van der Waals surface area contributed by atoms with Gasteiger partial charge in [-0.05, 0) is 79.6 Å². The molecule has 1 aliphatic carbocycles. The van der Waals surface area contributed by atoms with Crippen LogP contribution in [0.2, 0.25) is 5.02 Å². The van der Waals surface area contributed by atoms with E-state index in [1.807, 2.05) is 56.6 Å². The summed E-state index contributed by atoms with van der Waals surface area (Å²) in [7, 11) is 2.06. The van der Waals surface area contributed by atoms with Crippen LogP contribution in [0.15, 0.2) is 72.7 Å². The topological polar surface area (TPSA) is 103 Å². The lowest BCUT2D eigenvalue weighted by Crippen LogP contribution is -2.15. The molecule has 0 unspecified atom stereocenters. The second kappa shape index (κ2) is 20.0. The molecular formula is C44H52ClN3O7. The van der Waals surface area contributed by atoms with Crippen molar-refractivity contribution >= 4 is 44.8 Å². The number of ether oxygens (including phenoxy) is 6. The summed E-state index contributed by atoms with van der Waals surface area (Å²) < 4.78 is 36.4. The molecule has 2 aromatic carbocycles. The first-order valence-electron chi connectivity index (χ1n) is 19.3. The Balaban J connectivity index is 0.792. The second-order valence-electron chi connectivity index (χ2n) is 13.8. The highest BCUT2D eigenvalue weighted by molar-refractivity contribution is 6.32. The monoisotopic (exact) mass is 769 g/mol. The van der Waals surface area contributed by atoms with Crippen LogP contribution in [0.3, 0.4) is 0 Å². The Bertz CT molecular complexity index is 2090. The third kappa shape index (κ3) is 10.3. The number of Topliss-reactive ketones (excluding diaryl/α,β-unsaturated/α-hetero) is 1. The van der Waals surface area contributed by atoms with Gasteiger partial charge in [-0.1, -0.05) is 49.2 Å². The van der Waals surface area contributed by atoms with E-state index in [2.05, 4.69) is 46.7 Å². The smallest absolute Gasteiger partial charge is 0.232 e. The third-order valence-electron chi connectivity index (χ3n) is 10.2. The van der Waals surface area contributed by atoms with Crippen molar-refractivity contribution in [1.82, 2.24) is 14.5 Å². The maximum Gasteiger partial charge on any atom is 0.232 e. The first-order valence-corrected chi connectivity index (χ1v) is 19.6. The molecule has 0 spiro atoms. The van der Waals surface area contributed by atoms with Gasteiger partial charge in [-0.3, -0.25) is 9.78 Å². The van der Waals surface area contributed by atoms with Gasteiger partial charge in [-0.2, -0.15) is 0 Å². The van der Waals surface area contributed by atoms with Gasteiger partial charge in [-0.25, -0.2) is 4.98 Å². The Morgan fingerprint density at radius 3 is 2.07 bits per heavy atom. The van der Waals surface area contributed by atoms with Crippen LogP contribution in [0.25, 0.3) is 38.5 Å². The number of benzene rings is 2. The van der Waals surface area contributed by atoms with Crippen LogP contribution < -0.4 is 9.47 Å². The van der Waals surface area contributed by atoms with Crippen LogP contribution in [0.5, 0.6) is 11.6 Å². The summed E-state index contributed by atoms with van der Waals surface area (Å²) >= 11 is 6.53. The lowest BCUT2D eigenvalue weighted by atomic mass is 9.83. The Morgan fingerprint density at radius 1 is 0.764 bits per heavy atom. The fraction of sp³-hybridized carbons (Fsp3) is 0.432. The van der Waals surface area contributed by atoms with Crippen molar-refractivity contribution in [2.24, 2.45) is 13.0 Å². The highest BCUT2D eigenvalue weighted by atomic mass is 35.5. The summed E-state index contributed by atoms with van der Waals surface area (Å²) in [6.07, 6.45) is 9.77. The molecule has 5 aromatic rings. The number of nitrogens with zero attached hydrogens (tertiary/aromatic N) is 3. The van der Waals surface area contributed by atoms with Gasteiger partial charge in [0.25, 0.3) is 0 Å². The summed E-state index contributed by atoms with van der Waals surface area (Å²) in [4.78, 5) is 21.9. The molecule has 1 saturated carbocycles. The minimum Gasteiger partial charge on any atom is -0.491 e. The Hall–Kier alpha value is -4.32.